The lowest BCUT2D eigenvalue weighted by atomic mass is 10.0. The molecule has 3 N–H and O–H groups in total. The van der Waals surface area contributed by atoms with Crippen molar-refractivity contribution in [1.82, 2.24) is 20.2 Å². The van der Waals surface area contributed by atoms with Crippen LogP contribution in [0, 0.1) is 13.8 Å². The number of hydrogen-bond acceptors (Lipinski definition) is 4. The summed E-state index contributed by atoms with van der Waals surface area (Å²) < 4.78 is 0. The highest BCUT2D eigenvalue weighted by Gasteiger charge is 2.19. The molecule has 0 saturated carbocycles. The third-order valence-corrected chi connectivity index (χ3v) is 4.62. The predicted octanol–water partition coefficient (Wildman–Crippen LogP) is 2.16. The van der Waals surface area contributed by atoms with Crippen molar-refractivity contribution in [2.24, 2.45) is 10.7 Å². The van der Waals surface area contributed by atoms with Gasteiger partial charge < -0.3 is 11.1 Å². The summed E-state index contributed by atoms with van der Waals surface area (Å²) in [4.78, 5) is 15.6. The molecule has 0 aliphatic carbocycles. The van der Waals surface area contributed by atoms with E-state index in [1.165, 1.54) is 5.56 Å². The van der Waals surface area contributed by atoms with Crippen molar-refractivity contribution in [2.75, 3.05) is 13.1 Å². The molecule has 2 aromatic rings. The smallest absolute Gasteiger partial charge is 0.189 e. The van der Waals surface area contributed by atoms with E-state index in [0.29, 0.717) is 18.5 Å². The molecule has 1 aliphatic rings. The van der Waals surface area contributed by atoms with Crippen molar-refractivity contribution < 1.29 is 0 Å². The highest BCUT2D eigenvalue weighted by Crippen LogP contribution is 2.13. The van der Waals surface area contributed by atoms with Gasteiger partial charge in [-0.05, 0) is 38.3 Å². The Morgan fingerprint density at radius 3 is 2.62 bits per heavy atom. The standard InChI is InChI=1S/C20H28N6/c1-15-12-19(24-16(2)23-15)13-22-20(21)25-18-8-10-26(11-9-18)14-17-6-4-3-5-7-17/h3-7,12,18H,8-11,13-14H2,1-2H3,(H3,21,22,25). The summed E-state index contributed by atoms with van der Waals surface area (Å²) >= 11 is 0. The van der Waals surface area contributed by atoms with Gasteiger partial charge in [-0.2, -0.15) is 0 Å². The molecule has 6 nitrogen and oxygen atoms in total. The number of nitrogens with two attached hydrogens (primary N) is 1. The Morgan fingerprint density at radius 2 is 1.92 bits per heavy atom. The molecule has 0 bridgehead atoms. The Morgan fingerprint density at radius 1 is 1.19 bits per heavy atom. The van der Waals surface area contributed by atoms with E-state index >= 15 is 0 Å². The number of likely N-dealkylation sites (tertiary alicyclic amines) is 1. The molecule has 0 amide bonds. The van der Waals surface area contributed by atoms with E-state index in [2.05, 4.69) is 55.5 Å². The zero-order valence-corrected chi connectivity index (χ0v) is 15.7. The molecule has 1 saturated heterocycles. The van der Waals surface area contributed by atoms with Crippen molar-refractivity contribution in [3.8, 4) is 0 Å². The van der Waals surface area contributed by atoms with Crippen LogP contribution in [0.1, 0.15) is 35.6 Å². The van der Waals surface area contributed by atoms with E-state index in [9.17, 15) is 0 Å². The zero-order chi connectivity index (χ0) is 18.4. The number of hydrogen-bond donors (Lipinski definition) is 2. The first-order valence-electron chi connectivity index (χ1n) is 9.22. The van der Waals surface area contributed by atoms with Gasteiger partial charge in [0.2, 0.25) is 0 Å². The Bertz CT molecular complexity index is 715. The van der Waals surface area contributed by atoms with Crippen LogP contribution in [0.5, 0.6) is 0 Å². The Kier molecular flexibility index (Phi) is 6.17. The second-order valence-corrected chi connectivity index (χ2v) is 6.93. The van der Waals surface area contributed by atoms with Gasteiger partial charge in [-0.15, -0.1) is 0 Å². The van der Waals surface area contributed by atoms with E-state index in [1.807, 2.05) is 19.9 Å². The van der Waals surface area contributed by atoms with Gasteiger partial charge >= 0.3 is 0 Å². The van der Waals surface area contributed by atoms with E-state index in [0.717, 1.165) is 49.7 Å². The number of aliphatic imine (C=N–C) groups is 1. The average Bonchev–Trinajstić information content (AvgIpc) is 2.62. The molecule has 138 valence electrons. The molecule has 1 aliphatic heterocycles. The minimum atomic E-state index is 0.389. The topological polar surface area (TPSA) is 79.4 Å². The second kappa shape index (κ2) is 8.76. The van der Waals surface area contributed by atoms with Crippen LogP contribution >= 0.6 is 0 Å². The molecule has 1 aromatic carbocycles. The first-order valence-corrected chi connectivity index (χ1v) is 9.22. The summed E-state index contributed by atoms with van der Waals surface area (Å²) in [6.07, 6.45) is 2.16. The number of nitrogens with zero attached hydrogens (tertiary/aromatic N) is 4. The summed E-state index contributed by atoms with van der Waals surface area (Å²) in [7, 11) is 0. The number of aryl methyl sites for hydroxylation is 2. The highest BCUT2D eigenvalue weighted by molar-refractivity contribution is 5.78. The average molecular weight is 352 g/mol. The van der Waals surface area contributed by atoms with E-state index < -0.39 is 0 Å². The number of aromatic nitrogens is 2. The van der Waals surface area contributed by atoms with Crippen molar-refractivity contribution >= 4 is 5.96 Å². The van der Waals surface area contributed by atoms with Crippen molar-refractivity contribution in [3.63, 3.8) is 0 Å². The van der Waals surface area contributed by atoms with Crippen LogP contribution in [0.3, 0.4) is 0 Å². The summed E-state index contributed by atoms with van der Waals surface area (Å²) in [5.41, 5.74) is 9.30. The molecule has 0 unspecified atom stereocenters. The SMILES string of the molecule is Cc1cc(CN=C(N)NC2CCN(Cc3ccccc3)CC2)nc(C)n1. The minimum absolute atomic E-state index is 0.389. The van der Waals surface area contributed by atoms with E-state index in [-0.39, 0.29) is 0 Å². The predicted molar refractivity (Wildman–Crippen MR) is 105 cm³/mol. The summed E-state index contributed by atoms with van der Waals surface area (Å²) in [5, 5.41) is 3.36. The van der Waals surface area contributed by atoms with Gasteiger partial charge in [0.15, 0.2) is 5.96 Å². The molecular weight excluding hydrogens is 324 g/mol. The van der Waals surface area contributed by atoms with Crippen LogP contribution < -0.4 is 11.1 Å². The highest BCUT2D eigenvalue weighted by atomic mass is 15.2. The second-order valence-electron chi connectivity index (χ2n) is 6.93. The third-order valence-electron chi connectivity index (χ3n) is 4.62. The molecule has 0 radical (unpaired) electrons. The lowest BCUT2D eigenvalue weighted by Crippen LogP contribution is -2.46. The minimum Gasteiger partial charge on any atom is -0.370 e. The van der Waals surface area contributed by atoms with Gasteiger partial charge in [0, 0.05) is 31.4 Å². The van der Waals surface area contributed by atoms with Gasteiger partial charge in [-0.3, -0.25) is 4.90 Å². The van der Waals surface area contributed by atoms with Gasteiger partial charge in [0.05, 0.1) is 12.2 Å². The molecule has 0 atom stereocenters. The Hall–Kier alpha value is -2.47. The fraction of sp³-hybridized carbons (Fsp3) is 0.450. The van der Waals surface area contributed by atoms with Crippen LogP contribution in [0.25, 0.3) is 0 Å². The van der Waals surface area contributed by atoms with Crippen molar-refractivity contribution in [2.45, 2.75) is 45.8 Å². The maximum Gasteiger partial charge on any atom is 0.189 e. The summed E-state index contributed by atoms with van der Waals surface area (Å²) in [6, 6.07) is 13.0. The number of nitrogens with one attached hydrogen (secondary N) is 1. The Labute approximate surface area is 155 Å². The van der Waals surface area contributed by atoms with Gasteiger partial charge in [-0.1, -0.05) is 30.3 Å². The lowest BCUT2D eigenvalue weighted by molar-refractivity contribution is 0.199. The maximum atomic E-state index is 6.07. The zero-order valence-electron chi connectivity index (χ0n) is 15.7. The molecule has 1 fully saturated rings. The summed E-state index contributed by atoms with van der Waals surface area (Å²) in [5.74, 6) is 1.27. The summed E-state index contributed by atoms with van der Waals surface area (Å²) in [6.45, 7) is 7.51. The van der Waals surface area contributed by atoms with Crippen molar-refractivity contribution in [1.29, 1.82) is 0 Å². The fourth-order valence-corrected chi connectivity index (χ4v) is 3.37. The Balaban J connectivity index is 1.44. The van der Waals surface area contributed by atoms with E-state index in [1.54, 1.807) is 0 Å². The van der Waals surface area contributed by atoms with Crippen LogP contribution in [0.2, 0.25) is 0 Å². The number of rotatable bonds is 5. The molecule has 6 heteroatoms. The molecular formula is C20H28N6. The number of piperidine rings is 1. The van der Waals surface area contributed by atoms with Gasteiger partial charge in [0.25, 0.3) is 0 Å². The van der Waals surface area contributed by atoms with Crippen LogP contribution in [0.4, 0.5) is 0 Å². The third kappa shape index (κ3) is 5.52. The van der Waals surface area contributed by atoms with Crippen molar-refractivity contribution in [3.05, 3.63) is 59.2 Å². The largest absolute Gasteiger partial charge is 0.370 e. The molecule has 0 spiro atoms. The van der Waals surface area contributed by atoms with Crippen LogP contribution in [-0.4, -0.2) is 40.0 Å². The van der Waals surface area contributed by atoms with Crippen LogP contribution in [-0.2, 0) is 13.1 Å². The molecule has 1 aromatic heterocycles. The maximum absolute atomic E-state index is 6.07. The quantitative estimate of drug-likeness (QED) is 0.637. The normalized spacial score (nSPS) is 16.6. The first kappa shape index (κ1) is 18.3. The molecule has 3 rings (SSSR count). The molecule has 26 heavy (non-hydrogen) atoms. The number of guanidine groups is 1. The van der Waals surface area contributed by atoms with Gasteiger partial charge in [0.1, 0.15) is 5.82 Å². The monoisotopic (exact) mass is 352 g/mol. The van der Waals surface area contributed by atoms with Crippen LogP contribution in [0.15, 0.2) is 41.4 Å². The van der Waals surface area contributed by atoms with Gasteiger partial charge in [-0.25, -0.2) is 15.0 Å². The number of benzene rings is 1. The van der Waals surface area contributed by atoms with E-state index in [4.69, 9.17) is 5.73 Å². The molecule has 2 heterocycles. The first-order chi connectivity index (χ1) is 12.6. The lowest BCUT2D eigenvalue weighted by Gasteiger charge is -2.32. The fourth-order valence-electron chi connectivity index (χ4n) is 3.37.